The molecule has 0 aliphatic carbocycles. The fourth-order valence-electron chi connectivity index (χ4n) is 1.97. The average Bonchev–Trinajstić information content (AvgIpc) is 3.08. The minimum Gasteiger partial charge on any atom is -0.497 e. The van der Waals surface area contributed by atoms with Crippen LogP contribution >= 0.6 is 11.3 Å². The maximum absolute atomic E-state index is 5.83. The van der Waals surface area contributed by atoms with Crippen LogP contribution in [0.25, 0.3) is 0 Å². The van der Waals surface area contributed by atoms with E-state index < -0.39 is 0 Å². The van der Waals surface area contributed by atoms with Crippen LogP contribution in [0, 0.1) is 0 Å². The van der Waals surface area contributed by atoms with E-state index in [2.05, 4.69) is 27.8 Å². The molecule has 1 aromatic carbocycles. The number of rotatable bonds is 9. The number of nitrogens with one attached hydrogen (secondary N) is 1. The molecule has 2 aromatic rings. The van der Waals surface area contributed by atoms with Crippen molar-refractivity contribution in [2.45, 2.75) is 12.8 Å². The Kier molecular flexibility index (Phi) is 7.26. The van der Waals surface area contributed by atoms with E-state index in [-0.39, 0.29) is 0 Å². The summed E-state index contributed by atoms with van der Waals surface area (Å²) in [5.74, 6) is 2.08. The average molecular weight is 333 g/mol. The summed E-state index contributed by atoms with van der Waals surface area (Å²) in [6.45, 7) is 2.04. The lowest BCUT2D eigenvalue weighted by molar-refractivity contribution is 0.311. The molecule has 0 spiro atoms. The molecule has 0 fully saturated rings. The van der Waals surface area contributed by atoms with Crippen LogP contribution in [0.2, 0.25) is 0 Å². The van der Waals surface area contributed by atoms with Crippen molar-refractivity contribution >= 4 is 17.3 Å². The van der Waals surface area contributed by atoms with Gasteiger partial charge in [-0.1, -0.05) is 12.1 Å². The van der Waals surface area contributed by atoms with Crippen LogP contribution in [0.5, 0.6) is 11.5 Å². The molecule has 0 unspecified atom stereocenters. The summed E-state index contributed by atoms with van der Waals surface area (Å²) in [6, 6.07) is 11.7. The SMILES string of the molecule is COc1cccc(OCCCN=C(N)NCCc2cccs2)c1. The molecular formula is C17H23N3O2S. The molecule has 124 valence electrons. The van der Waals surface area contributed by atoms with Gasteiger partial charge < -0.3 is 20.5 Å². The summed E-state index contributed by atoms with van der Waals surface area (Å²) in [5.41, 5.74) is 5.83. The van der Waals surface area contributed by atoms with Crippen molar-refractivity contribution in [1.82, 2.24) is 5.32 Å². The Bertz CT molecular complexity index is 600. The van der Waals surface area contributed by atoms with Crippen molar-refractivity contribution in [2.24, 2.45) is 10.7 Å². The molecule has 3 N–H and O–H groups in total. The van der Waals surface area contributed by atoms with Crippen LogP contribution in [0.1, 0.15) is 11.3 Å². The number of thiophene rings is 1. The zero-order valence-electron chi connectivity index (χ0n) is 13.3. The molecule has 0 aliphatic rings. The lowest BCUT2D eigenvalue weighted by Gasteiger charge is -2.07. The minimum absolute atomic E-state index is 0.489. The molecule has 0 amide bonds. The van der Waals surface area contributed by atoms with Gasteiger partial charge in [0.05, 0.1) is 13.7 Å². The molecule has 0 bridgehead atoms. The van der Waals surface area contributed by atoms with Gasteiger partial charge in [-0.25, -0.2) is 0 Å². The Morgan fingerprint density at radius 2 is 2.13 bits per heavy atom. The summed E-state index contributed by atoms with van der Waals surface area (Å²) in [6.07, 6.45) is 1.78. The number of guanidine groups is 1. The summed E-state index contributed by atoms with van der Waals surface area (Å²) in [7, 11) is 1.64. The van der Waals surface area contributed by atoms with Gasteiger partial charge in [-0.3, -0.25) is 4.99 Å². The predicted octanol–water partition coefficient (Wildman–Crippen LogP) is 2.67. The van der Waals surface area contributed by atoms with Crippen molar-refractivity contribution < 1.29 is 9.47 Å². The zero-order chi connectivity index (χ0) is 16.3. The van der Waals surface area contributed by atoms with E-state index in [9.17, 15) is 0 Å². The second-order valence-corrected chi connectivity index (χ2v) is 5.94. The standard InChI is InChI=1S/C17H23N3O2S/c1-21-14-5-2-6-15(13-14)22-11-4-9-19-17(18)20-10-8-16-7-3-12-23-16/h2-3,5-7,12-13H,4,8-11H2,1H3,(H3,18,19,20). The number of methoxy groups -OCH3 is 1. The van der Waals surface area contributed by atoms with Gasteiger partial charge in [-0.15, -0.1) is 11.3 Å². The number of benzene rings is 1. The zero-order valence-corrected chi connectivity index (χ0v) is 14.1. The molecule has 0 saturated heterocycles. The second kappa shape index (κ2) is 9.74. The van der Waals surface area contributed by atoms with E-state index >= 15 is 0 Å². The lowest BCUT2D eigenvalue weighted by atomic mass is 10.3. The quantitative estimate of drug-likeness (QED) is 0.420. The first-order valence-corrected chi connectivity index (χ1v) is 8.49. The number of hydrogen-bond acceptors (Lipinski definition) is 4. The van der Waals surface area contributed by atoms with Crippen LogP contribution < -0.4 is 20.5 Å². The van der Waals surface area contributed by atoms with Crippen LogP contribution in [0.3, 0.4) is 0 Å². The van der Waals surface area contributed by atoms with Crippen LogP contribution in [0.4, 0.5) is 0 Å². The Hall–Kier alpha value is -2.21. The van der Waals surface area contributed by atoms with E-state index in [4.69, 9.17) is 15.2 Å². The normalized spacial score (nSPS) is 11.3. The highest BCUT2D eigenvalue weighted by Crippen LogP contribution is 2.18. The minimum atomic E-state index is 0.489. The van der Waals surface area contributed by atoms with E-state index in [0.717, 1.165) is 30.9 Å². The van der Waals surface area contributed by atoms with Gasteiger partial charge in [0.2, 0.25) is 0 Å². The Morgan fingerprint density at radius 1 is 1.26 bits per heavy atom. The van der Waals surface area contributed by atoms with E-state index in [0.29, 0.717) is 19.1 Å². The third-order valence-corrected chi connectivity index (χ3v) is 4.09. The Balaban J connectivity index is 1.58. The van der Waals surface area contributed by atoms with Crippen LogP contribution in [-0.2, 0) is 6.42 Å². The number of nitrogens with zero attached hydrogens (tertiary/aromatic N) is 1. The topological polar surface area (TPSA) is 68.9 Å². The monoisotopic (exact) mass is 333 g/mol. The van der Waals surface area contributed by atoms with Gasteiger partial charge in [0.1, 0.15) is 11.5 Å². The van der Waals surface area contributed by atoms with Crippen LogP contribution in [-0.4, -0.2) is 32.8 Å². The largest absolute Gasteiger partial charge is 0.497 e. The molecule has 0 aliphatic heterocycles. The third kappa shape index (κ3) is 6.61. The molecule has 1 heterocycles. The number of hydrogen-bond donors (Lipinski definition) is 2. The lowest BCUT2D eigenvalue weighted by Crippen LogP contribution is -2.33. The first-order valence-electron chi connectivity index (χ1n) is 7.61. The summed E-state index contributed by atoms with van der Waals surface area (Å²) >= 11 is 1.75. The highest BCUT2D eigenvalue weighted by atomic mass is 32.1. The molecule has 2 rings (SSSR count). The van der Waals surface area contributed by atoms with Gasteiger partial charge in [-0.05, 0) is 30.0 Å². The molecule has 0 radical (unpaired) electrons. The number of nitrogens with two attached hydrogens (primary N) is 1. The molecule has 6 heteroatoms. The molecular weight excluding hydrogens is 310 g/mol. The first-order chi connectivity index (χ1) is 11.3. The van der Waals surface area contributed by atoms with E-state index in [1.54, 1.807) is 18.4 Å². The van der Waals surface area contributed by atoms with Gasteiger partial charge in [0, 0.05) is 30.5 Å². The maximum atomic E-state index is 5.83. The molecule has 23 heavy (non-hydrogen) atoms. The summed E-state index contributed by atoms with van der Waals surface area (Å²) in [5, 5.41) is 5.20. The molecule has 0 atom stereocenters. The fourth-order valence-corrected chi connectivity index (χ4v) is 2.68. The van der Waals surface area contributed by atoms with Crippen molar-refractivity contribution in [2.75, 3.05) is 26.8 Å². The number of aliphatic imine (C=N–C) groups is 1. The van der Waals surface area contributed by atoms with E-state index in [1.165, 1.54) is 4.88 Å². The highest BCUT2D eigenvalue weighted by Gasteiger charge is 1.97. The molecule has 1 aromatic heterocycles. The van der Waals surface area contributed by atoms with Gasteiger partial charge in [0.15, 0.2) is 5.96 Å². The van der Waals surface area contributed by atoms with Crippen LogP contribution in [0.15, 0.2) is 46.8 Å². The van der Waals surface area contributed by atoms with Crippen molar-refractivity contribution in [1.29, 1.82) is 0 Å². The van der Waals surface area contributed by atoms with Crippen molar-refractivity contribution in [3.8, 4) is 11.5 Å². The Morgan fingerprint density at radius 3 is 2.91 bits per heavy atom. The highest BCUT2D eigenvalue weighted by molar-refractivity contribution is 7.09. The first kappa shape index (κ1) is 17.1. The van der Waals surface area contributed by atoms with Gasteiger partial charge >= 0.3 is 0 Å². The van der Waals surface area contributed by atoms with E-state index in [1.807, 2.05) is 24.3 Å². The molecule has 5 nitrogen and oxygen atoms in total. The third-order valence-electron chi connectivity index (χ3n) is 3.15. The van der Waals surface area contributed by atoms with Crippen molar-refractivity contribution in [3.63, 3.8) is 0 Å². The van der Waals surface area contributed by atoms with Crippen molar-refractivity contribution in [3.05, 3.63) is 46.7 Å². The summed E-state index contributed by atoms with van der Waals surface area (Å²) in [4.78, 5) is 5.63. The smallest absolute Gasteiger partial charge is 0.188 e. The Labute approximate surface area is 141 Å². The predicted molar refractivity (Wildman–Crippen MR) is 95.6 cm³/mol. The van der Waals surface area contributed by atoms with Gasteiger partial charge in [-0.2, -0.15) is 0 Å². The van der Waals surface area contributed by atoms with Gasteiger partial charge in [0.25, 0.3) is 0 Å². The maximum Gasteiger partial charge on any atom is 0.188 e. The molecule has 0 saturated carbocycles. The number of ether oxygens (including phenoxy) is 2. The summed E-state index contributed by atoms with van der Waals surface area (Å²) < 4.78 is 10.8. The fraction of sp³-hybridized carbons (Fsp3) is 0.353. The second-order valence-electron chi connectivity index (χ2n) is 4.90.